The molecule has 1 amide bonds. The molecule has 0 saturated carbocycles. The molecular formula is C15H21NOS. The Morgan fingerprint density at radius 3 is 2.67 bits per heavy atom. The van der Waals surface area contributed by atoms with Crippen LogP contribution in [-0.4, -0.2) is 23.4 Å². The maximum Gasteiger partial charge on any atom is 0.227 e. The van der Waals surface area contributed by atoms with Crippen LogP contribution in [0.5, 0.6) is 0 Å². The third kappa shape index (κ3) is 3.08. The summed E-state index contributed by atoms with van der Waals surface area (Å²) in [5.41, 5.74) is 1.07. The lowest BCUT2D eigenvalue weighted by molar-refractivity contribution is -0.135. The Morgan fingerprint density at radius 1 is 1.33 bits per heavy atom. The molecule has 1 aliphatic heterocycles. The maximum atomic E-state index is 12.3. The van der Waals surface area contributed by atoms with E-state index < -0.39 is 0 Å². The van der Waals surface area contributed by atoms with Crippen LogP contribution in [0.3, 0.4) is 0 Å². The SMILES string of the molecule is CC1CCCN(C(=O)Cc2ccc(S)cc2)C1C. The van der Waals surface area contributed by atoms with Crippen molar-refractivity contribution in [3.05, 3.63) is 29.8 Å². The van der Waals surface area contributed by atoms with Crippen LogP contribution in [0.25, 0.3) is 0 Å². The third-order valence-corrected chi connectivity index (χ3v) is 4.28. The summed E-state index contributed by atoms with van der Waals surface area (Å²) in [7, 11) is 0. The van der Waals surface area contributed by atoms with Crippen molar-refractivity contribution in [3.63, 3.8) is 0 Å². The molecule has 1 aromatic rings. The highest BCUT2D eigenvalue weighted by atomic mass is 32.1. The van der Waals surface area contributed by atoms with Crippen molar-refractivity contribution in [1.29, 1.82) is 0 Å². The lowest BCUT2D eigenvalue weighted by Gasteiger charge is -2.38. The highest BCUT2D eigenvalue weighted by molar-refractivity contribution is 7.80. The number of benzene rings is 1. The first-order valence-electron chi connectivity index (χ1n) is 6.65. The van der Waals surface area contributed by atoms with Crippen molar-refractivity contribution >= 4 is 18.5 Å². The predicted octanol–water partition coefficient (Wildman–Crippen LogP) is 3.16. The first-order chi connectivity index (χ1) is 8.58. The van der Waals surface area contributed by atoms with Crippen LogP contribution in [0.4, 0.5) is 0 Å². The Bertz CT molecular complexity index is 415. The summed E-state index contributed by atoms with van der Waals surface area (Å²) in [5, 5.41) is 0. The second-order valence-electron chi connectivity index (χ2n) is 5.29. The zero-order valence-electron chi connectivity index (χ0n) is 11.1. The number of rotatable bonds is 2. The van der Waals surface area contributed by atoms with E-state index in [1.165, 1.54) is 6.42 Å². The number of likely N-dealkylation sites (tertiary alicyclic amines) is 1. The number of amides is 1. The van der Waals surface area contributed by atoms with Gasteiger partial charge in [-0.25, -0.2) is 0 Å². The molecule has 2 unspecified atom stereocenters. The largest absolute Gasteiger partial charge is 0.339 e. The average molecular weight is 263 g/mol. The van der Waals surface area contributed by atoms with Gasteiger partial charge in [-0.15, -0.1) is 12.6 Å². The maximum absolute atomic E-state index is 12.3. The highest BCUT2D eigenvalue weighted by Crippen LogP contribution is 2.23. The monoisotopic (exact) mass is 263 g/mol. The summed E-state index contributed by atoms with van der Waals surface area (Å²) in [6, 6.07) is 8.22. The molecule has 0 bridgehead atoms. The van der Waals surface area contributed by atoms with Crippen molar-refractivity contribution in [2.75, 3.05) is 6.54 Å². The third-order valence-electron chi connectivity index (χ3n) is 3.99. The molecule has 1 fully saturated rings. The lowest BCUT2D eigenvalue weighted by Crippen LogP contribution is -2.46. The standard InChI is InChI=1S/C15H21NOS/c1-11-4-3-9-16(12(11)2)15(17)10-13-5-7-14(18)8-6-13/h5-8,11-12,18H,3-4,9-10H2,1-2H3. The number of hydrogen-bond donors (Lipinski definition) is 1. The van der Waals surface area contributed by atoms with Gasteiger partial charge >= 0.3 is 0 Å². The van der Waals surface area contributed by atoms with Gasteiger partial charge in [-0.1, -0.05) is 19.1 Å². The minimum absolute atomic E-state index is 0.251. The topological polar surface area (TPSA) is 20.3 Å². The van der Waals surface area contributed by atoms with E-state index >= 15 is 0 Å². The molecule has 1 saturated heterocycles. The van der Waals surface area contributed by atoms with Crippen molar-refractivity contribution in [2.45, 2.75) is 44.0 Å². The van der Waals surface area contributed by atoms with Gasteiger partial charge in [-0.05, 0) is 43.4 Å². The van der Waals surface area contributed by atoms with Gasteiger partial charge in [0.15, 0.2) is 0 Å². The van der Waals surface area contributed by atoms with Crippen molar-refractivity contribution in [1.82, 2.24) is 4.90 Å². The number of piperidine rings is 1. The molecule has 2 atom stereocenters. The average Bonchev–Trinajstić information content (AvgIpc) is 2.35. The van der Waals surface area contributed by atoms with Gasteiger partial charge in [-0.2, -0.15) is 0 Å². The van der Waals surface area contributed by atoms with Gasteiger partial charge in [0.1, 0.15) is 0 Å². The van der Waals surface area contributed by atoms with Gasteiger partial charge in [0, 0.05) is 17.5 Å². The Labute approximate surface area is 115 Å². The molecule has 3 heteroatoms. The molecule has 1 heterocycles. The van der Waals surface area contributed by atoms with Crippen LogP contribution in [0.1, 0.15) is 32.3 Å². The van der Waals surface area contributed by atoms with Crippen LogP contribution < -0.4 is 0 Å². The van der Waals surface area contributed by atoms with Gasteiger partial charge in [0.05, 0.1) is 6.42 Å². The Morgan fingerprint density at radius 2 is 2.00 bits per heavy atom. The zero-order valence-corrected chi connectivity index (χ0v) is 12.0. The van der Waals surface area contributed by atoms with E-state index in [-0.39, 0.29) is 5.91 Å². The van der Waals surface area contributed by atoms with E-state index in [4.69, 9.17) is 0 Å². The zero-order chi connectivity index (χ0) is 13.1. The number of carbonyl (C=O) groups is 1. The van der Waals surface area contributed by atoms with Crippen LogP contribution in [0.15, 0.2) is 29.2 Å². The van der Waals surface area contributed by atoms with E-state index in [2.05, 4.69) is 26.5 Å². The normalized spacial score (nSPS) is 24.1. The van der Waals surface area contributed by atoms with E-state index in [1.54, 1.807) is 0 Å². The summed E-state index contributed by atoms with van der Waals surface area (Å²) in [6.07, 6.45) is 2.87. The smallest absolute Gasteiger partial charge is 0.227 e. The molecule has 0 radical (unpaired) electrons. The van der Waals surface area contributed by atoms with E-state index in [0.717, 1.165) is 23.4 Å². The molecule has 1 aliphatic rings. The summed E-state index contributed by atoms with van der Waals surface area (Å²) in [4.78, 5) is 15.3. The molecule has 0 aromatic heterocycles. The first-order valence-corrected chi connectivity index (χ1v) is 7.10. The van der Waals surface area contributed by atoms with Gasteiger partial charge in [-0.3, -0.25) is 4.79 Å². The second-order valence-corrected chi connectivity index (χ2v) is 5.81. The molecular weight excluding hydrogens is 242 g/mol. The van der Waals surface area contributed by atoms with Crippen molar-refractivity contribution in [3.8, 4) is 0 Å². The van der Waals surface area contributed by atoms with Crippen LogP contribution >= 0.6 is 12.6 Å². The number of hydrogen-bond acceptors (Lipinski definition) is 2. The van der Waals surface area contributed by atoms with Crippen molar-refractivity contribution < 1.29 is 4.79 Å². The second kappa shape index (κ2) is 5.79. The molecule has 0 aliphatic carbocycles. The summed E-state index contributed by atoms with van der Waals surface area (Å²) < 4.78 is 0. The van der Waals surface area contributed by atoms with Crippen molar-refractivity contribution in [2.24, 2.45) is 5.92 Å². The molecule has 2 rings (SSSR count). The van der Waals surface area contributed by atoms with Gasteiger partial charge in [0.25, 0.3) is 0 Å². The molecule has 98 valence electrons. The fraction of sp³-hybridized carbons (Fsp3) is 0.533. The minimum atomic E-state index is 0.251. The van der Waals surface area contributed by atoms with E-state index in [9.17, 15) is 4.79 Å². The van der Waals surface area contributed by atoms with Crippen LogP contribution in [-0.2, 0) is 11.2 Å². The Hall–Kier alpha value is -0.960. The van der Waals surface area contributed by atoms with E-state index in [0.29, 0.717) is 18.4 Å². The fourth-order valence-corrected chi connectivity index (χ4v) is 2.73. The van der Waals surface area contributed by atoms with Crippen LogP contribution in [0, 0.1) is 5.92 Å². The van der Waals surface area contributed by atoms with Gasteiger partial charge in [0.2, 0.25) is 5.91 Å². The predicted molar refractivity (Wildman–Crippen MR) is 77.0 cm³/mol. The molecule has 2 nitrogen and oxygen atoms in total. The molecule has 18 heavy (non-hydrogen) atoms. The number of carbonyl (C=O) groups excluding carboxylic acids is 1. The molecule has 0 spiro atoms. The lowest BCUT2D eigenvalue weighted by atomic mass is 9.91. The number of nitrogens with zero attached hydrogens (tertiary/aromatic N) is 1. The highest BCUT2D eigenvalue weighted by Gasteiger charge is 2.27. The molecule has 0 N–H and O–H groups in total. The Balaban J connectivity index is 2.01. The Kier molecular flexibility index (Phi) is 4.33. The van der Waals surface area contributed by atoms with Gasteiger partial charge < -0.3 is 4.90 Å². The summed E-state index contributed by atoms with van der Waals surface area (Å²) in [6.45, 7) is 5.31. The summed E-state index contributed by atoms with van der Waals surface area (Å²) in [5.74, 6) is 0.864. The minimum Gasteiger partial charge on any atom is -0.339 e. The number of thiol groups is 1. The summed E-state index contributed by atoms with van der Waals surface area (Å²) >= 11 is 4.25. The molecule has 1 aromatic carbocycles. The first kappa shape index (κ1) is 13.5. The quantitative estimate of drug-likeness (QED) is 0.813. The fourth-order valence-electron chi connectivity index (χ4n) is 2.58. The van der Waals surface area contributed by atoms with Crippen LogP contribution in [0.2, 0.25) is 0 Å². The van der Waals surface area contributed by atoms with E-state index in [1.807, 2.05) is 29.2 Å².